The molecule has 0 amide bonds. The molecule has 0 N–H and O–H groups in total. The molecule has 2 aliphatic carbocycles. The van der Waals surface area contributed by atoms with E-state index in [0.29, 0.717) is 0 Å². The molecule has 4 unspecified atom stereocenters. The molecule has 11 rings (SSSR count). The highest BCUT2D eigenvalue weighted by Crippen LogP contribution is 2.65. The van der Waals surface area contributed by atoms with Crippen LogP contribution < -0.4 is 31.1 Å². The second-order valence-corrected chi connectivity index (χ2v) is 19.1. The summed E-state index contributed by atoms with van der Waals surface area (Å²) in [7, 11) is 0. The van der Waals surface area contributed by atoms with Crippen molar-refractivity contribution in [3.05, 3.63) is 118 Å². The predicted molar refractivity (Wildman–Crippen MR) is 230 cm³/mol. The van der Waals surface area contributed by atoms with Gasteiger partial charge >= 0.3 is 0 Å². The number of fused-ring (bicyclic) bond motifs is 10. The molecule has 0 spiro atoms. The molecule has 3 nitrogen and oxygen atoms in total. The van der Waals surface area contributed by atoms with Crippen LogP contribution in [0.4, 0.5) is 39.8 Å². The standard InChI is InChI=1S/C50H54BN3/c1-31-16-19-35(20-17-31)52-40-21-18-32(2)27-39(40)51-38-15-13-14-37-46(38)54(49(7)24-11-9-22-47(37,49)5)43-30-36(29-42(52)45(43)51)53-41-28-33(3)26-34(4)44(41)48(6)23-10-12-25-50(48,53)8/h13-21,26-30H,9-12,22-25H2,1-8H3. The Hall–Kier alpha value is -4.44. The molecule has 4 aliphatic heterocycles. The number of hydrogen-bond donors (Lipinski definition) is 0. The normalized spacial score (nSPS) is 28.3. The maximum absolute atomic E-state index is 2.91. The van der Waals surface area contributed by atoms with Crippen molar-refractivity contribution in [1.29, 1.82) is 0 Å². The van der Waals surface area contributed by atoms with E-state index in [4.69, 9.17) is 0 Å². The fourth-order valence-corrected chi connectivity index (χ4v) is 13.3. The third kappa shape index (κ3) is 3.81. The first-order chi connectivity index (χ1) is 25.9. The fraction of sp³-hybridized carbons (Fsp3) is 0.400. The van der Waals surface area contributed by atoms with Gasteiger partial charge in [-0.15, -0.1) is 0 Å². The molecule has 2 fully saturated rings. The van der Waals surface area contributed by atoms with Crippen LogP contribution in [0.3, 0.4) is 0 Å². The second-order valence-electron chi connectivity index (χ2n) is 19.1. The van der Waals surface area contributed by atoms with Gasteiger partial charge < -0.3 is 14.7 Å². The van der Waals surface area contributed by atoms with Gasteiger partial charge in [0.15, 0.2) is 0 Å². The largest absolute Gasteiger partial charge is 0.335 e. The first kappa shape index (κ1) is 32.9. The molecule has 0 aromatic heterocycles. The van der Waals surface area contributed by atoms with Crippen LogP contribution in [0.15, 0.2) is 84.9 Å². The van der Waals surface area contributed by atoms with Crippen LogP contribution in [-0.4, -0.2) is 17.8 Å². The molecule has 2 saturated carbocycles. The van der Waals surface area contributed by atoms with E-state index >= 15 is 0 Å². The number of rotatable bonds is 2. The quantitative estimate of drug-likeness (QED) is 0.166. The van der Waals surface area contributed by atoms with E-state index in [2.05, 4.69) is 155 Å². The Morgan fingerprint density at radius 3 is 1.94 bits per heavy atom. The van der Waals surface area contributed by atoms with Gasteiger partial charge in [-0.05, 0) is 142 Å². The van der Waals surface area contributed by atoms with Gasteiger partial charge in [0.25, 0.3) is 6.71 Å². The van der Waals surface area contributed by atoms with Gasteiger partial charge in [-0.25, -0.2) is 0 Å². The lowest BCUT2D eigenvalue weighted by atomic mass is 9.33. The third-order valence-corrected chi connectivity index (χ3v) is 16.2. The fourth-order valence-electron chi connectivity index (χ4n) is 13.3. The first-order valence-corrected chi connectivity index (χ1v) is 20.9. The molecular weight excluding hydrogens is 653 g/mol. The minimum absolute atomic E-state index is 0.0119. The molecule has 6 aliphatic rings. The minimum atomic E-state index is -0.0309. The molecule has 4 heteroatoms. The van der Waals surface area contributed by atoms with Crippen LogP contribution in [0.2, 0.25) is 0 Å². The van der Waals surface area contributed by atoms with E-state index in [9.17, 15) is 0 Å². The van der Waals surface area contributed by atoms with E-state index in [0.717, 1.165) is 0 Å². The van der Waals surface area contributed by atoms with Crippen molar-refractivity contribution >= 4 is 62.9 Å². The van der Waals surface area contributed by atoms with Crippen LogP contribution in [0, 0.1) is 27.7 Å². The Labute approximate surface area is 323 Å². The van der Waals surface area contributed by atoms with Crippen molar-refractivity contribution in [2.45, 2.75) is 129 Å². The van der Waals surface area contributed by atoms with E-state index in [-0.39, 0.29) is 28.6 Å². The van der Waals surface area contributed by atoms with Gasteiger partial charge in [-0.2, -0.15) is 0 Å². The van der Waals surface area contributed by atoms with Crippen molar-refractivity contribution in [1.82, 2.24) is 0 Å². The molecule has 0 bridgehead atoms. The number of anilines is 7. The molecular formula is C50H54BN3. The lowest BCUT2D eigenvalue weighted by molar-refractivity contribution is 0.193. The number of benzene rings is 5. The maximum Gasteiger partial charge on any atom is 0.252 e. The average Bonchev–Trinajstić information content (AvgIpc) is 3.49. The van der Waals surface area contributed by atoms with Crippen LogP contribution in [-0.2, 0) is 10.8 Å². The van der Waals surface area contributed by atoms with Crippen LogP contribution in [0.5, 0.6) is 0 Å². The average molecular weight is 708 g/mol. The second kappa shape index (κ2) is 10.7. The highest BCUT2D eigenvalue weighted by Gasteiger charge is 2.62. The zero-order valence-electron chi connectivity index (χ0n) is 33.7. The third-order valence-electron chi connectivity index (χ3n) is 16.2. The predicted octanol–water partition coefficient (Wildman–Crippen LogP) is 11.0. The number of para-hydroxylation sites is 1. The van der Waals surface area contributed by atoms with Crippen LogP contribution in [0.1, 0.15) is 112 Å². The molecule has 0 radical (unpaired) electrons. The number of nitrogens with zero attached hydrogens (tertiary/aromatic N) is 3. The van der Waals surface area contributed by atoms with E-state index in [1.54, 1.807) is 11.1 Å². The van der Waals surface area contributed by atoms with Gasteiger partial charge in [-0.1, -0.05) is 99.2 Å². The molecule has 5 aromatic rings. The Morgan fingerprint density at radius 1 is 0.519 bits per heavy atom. The van der Waals surface area contributed by atoms with Gasteiger partial charge in [0, 0.05) is 50.6 Å². The summed E-state index contributed by atoms with van der Waals surface area (Å²) >= 11 is 0. The topological polar surface area (TPSA) is 9.72 Å². The summed E-state index contributed by atoms with van der Waals surface area (Å²) in [5.74, 6) is 0. The van der Waals surface area contributed by atoms with Gasteiger partial charge in [0.1, 0.15) is 0 Å². The molecule has 5 aromatic carbocycles. The zero-order chi connectivity index (χ0) is 37.1. The molecule has 54 heavy (non-hydrogen) atoms. The van der Waals surface area contributed by atoms with Gasteiger partial charge in [0.05, 0.1) is 11.1 Å². The van der Waals surface area contributed by atoms with E-state index < -0.39 is 0 Å². The maximum atomic E-state index is 2.91. The summed E-state index contributed by atoms with van der Waals surface area (Å²) in [6.07, 6.45) is 10.0. The van der Waals surface area contributed by atoms with Crippen LogP contribution >= 0.6 is 0 Å². The minimum Gasteiger partial charge on any atom is -0.335 e. The molecule has 4 atom stereocenters. The monoisotopic (exact) mass is 707 g/mol. The summed E-state index contributed by atoms with van der Waals surface area (Å²) in [6.45, 7) is 19.7. The Kier molecular flexibility index (Phi) is 6.50. The first-order valence-electron chi connectivity index (χ1n) is 20.9. The Morgan fingerprint density at radius 2 is 1.19 bits per heavy atom. The van der Waals surface area contributed by atoms with E-state index in [1.165, 1.54) is 130 Å². The van der Waals surface area contributed by atoms with Crippen molar-refractivity contribution in [3.8, 4) is 0 Å². The number of hydrogen-bond acceptors (Lipinski definition) is 3. The van der Waals surface area contributed by atoms with Crippen molar-refractivity contribution < 1.29 is 0 Å². The summed E-state index contributed by atoms with van der Waals surface area (Å²) in [4.78, 5) is 8.39. The lowest BCUT2D eigenvalue weighted by Crippen LogP contribution is -2.64. The van der Waals surface area contributed by atoms with Crippen LogP contribution in [0.25, 0.3) is 0 Å². The molecule has 272 valence electrons. The van der Waals surface area contributed by atoms with Crippen molar-refractivity contribution in [2.75, 3.05) is 14.7 Å². The lowest BCUT2D eigenvalue weighted by Gasteiger charge is -2.53. The number of aryl methyl sites for hydroxylation is 4. The summed E-state index contributed by atoms with van der Waals surface area (Å²) in [5.41, 5.74) is 22.7. The molecule has 0 saturated heterocycles. The summed E-state index contributed by atoms with van der Waals surface area (Å²) in [5, 5.41) is 0. The highest BCUT2D eigenvalue weighted by molar-refractivity contribution is 7.00. The summed E-state index contributed by atoms with van der Waals surface area (Å²) in [6, 6.07) is 34.1. The Bertz CT molecular complexity index is 2450. The van der Waals surface area contributed by atoms with Gasteiger partial charge in [-0.3, -0.25) is 0 Å². The smallest absolute Gasteiger partial charge is 0.252 e. The van der Waals surface area contributed by atoms with Gasteiger partial charge in [0.2, 0.25) is 0 Å². The Balaban J connectivity index is 1.28. The van der Waals surface area contributed by atoms with Crippen molar-refractivity contribution in [2.24, 2.45) is 0 Å². The molecule has 4 heterocycles. The zero-order valence-corrected chi connectivity index (χ0v) is 33.7. The highest BCUT2D eigenvalue weighted by atomic mass is 15.3. The SMILES string of the molecule is Cc1ccc(N2c3ccc(C)cc3B3c4cccc5c4N(c4cc(N6c7cc(C)cc(C)c7C7(C)CCCCC67C)cc2c43)C2(C)CCCCC52C)cc1. The van der Waals surface area contributed by atoms with Crippen molar-refractivity contribution in [3.63, 3.8) is 0 Å². The van der Waals surface area contributed by atoms with E-state index in [1.807, 2.05) is 0 Å². The summed E-state index contributed by atoms with van der Waals surface area (Å²) < 4.78 is 0.